The maximum atomic E-state index is 12.1. The molecule has 1 fully saturated rings. The zero-order chi connectivity index (χ0) is 13.8. The Morgan fingerprint density at radius 1 is 1.47 bits per heavy atom. The molecular weight excluding hydrogens is 242 g/mol. The van der Waals surface area contributed by atoms with Crippen LogP contribution in [0.3, 0.4) is 0 Å². The number of anilines is 2. The molecule has 1 heterocycles. The van der Waals surface area contributed by atoms with E-state index in [2.05, 4.69) is 10.6 Å². The Morgan fingerprint density at radius 2 is 2.26 bits per heavy atom. The van der Waals surface area contributed by atoms with E-state index in [1.54, 1.807) is 7.11 Å². The maximum Gasteiger partial charge on any atom is 0.241 e. The predicted molar refractivity (Wildman–Crippen MR) is 76.6 cm³/mol. The van der Waals surface area contributed by atoms with Crippen molar-refractivity contribution in [3.63, 3.8) is 0 Å². The lowest BCUT2D eigenvalue weighted by Gasteiger charge is -2.15. The monoisotopic (exact) mass is 263 g/mol. The van der Waals surface area contributed by atoms with E-state index >= 15 is 0 Å². The summed E-state index contributed by atoms with van der Waals surface area (Å²) in [6.07, 6.45) is 0.847. The van der Waals surface area contributed by atoms with Crippen LogP contribution >= 0.6 is 0 Å². The lowest BCUT2D eigenvalue weighted by atomic mass is 10.2. The topological polar surface area (TPSA) is 53.6 Å². The quantitative estimate of drug-likeness (QED) is 0.853. The molecule has 1 aromatic rings. The van der Waals surface area contributed by atoms with Crippen LogP contribution in [0.2, 0.25) is 0 Å². The van der Waals surface area contributed by atoms with Crippen molar-refractivity contribution < 1.29 is 9.53 Å². The molecule has 1 amide bonds. The highest BCUT2D eigenvalue weighted by atomic mass is 16.5. The van der Waals surface area contributed by atoms with E-state index in [0.29, 0.717) is 0 Å². The van der Waals surface area contributed by atoms with Crippen LogP contribution in [0.1, 0.15) is 6.42 Å². The summed E-state index contributed by atoms with van der Waals surface area (Å²) < 4.78 is 5.24. The average molecular weight is 263 g/mol. The summed E-state index contributed by atoms with van der Waals surface area (Å²) in [6, 6.07) is 7.62. The van der Waals surface area contributed by atoms with Gasteiger partial charge in [0.25, 0.3) is 0 Å². The van der Waals surface area contributed by atoms with E-state index in [4.69, 9.17) is 4.74 Å². The van der Waals surface area contributed by atoms with Gasteiger partial charge in [-0.15, -0.1) is 0 Å². The number of carbonyl (C=O) groups excluding carboxylic acids is 1. The average Bonchev–Trinajstić information content (AvgIpc) is 2.88. The molecule has 1 aliphatic rings. The highest BCUT2D eigenvalue weighted by Gasteiger charge is 2.29. The molecule has 104 valence electrons. The molecule has 0 spiro atoms. The Hall–Kier alpha value is -1.59. The third-order valence-corrected chi connectivity index (χ3v) is 3.37. The fourth-order valence-electron chi connectivity index (χ4n) is 2.17. The van der Waals surface area contributed by atoms with Gasteiger partial charge in [-0.3, -0.25) is 4.79 Å². The summed E-state index contributed by atoms with van der Waals surface area (Å²) in [6.45, 7) is 0.728. The van der Waals surface area contributed by atoms with Crippen molar-refractivity contribution in [1.29, 1.82) is 0 Å². The first-order chi connectivity index (χ1) is 9.10. The van der Waals surface area contributed by atoms with Gasteiger partial charge in [-0.2, -0.15) is 0 Å². The van der Waals surface area contributed by atoms with Crippen molar-refractivity contribution in [2.45, 2.75) is 18.6 Å². The van der Waals surface area contributed by atoms with E-state index in [1.165, 1.54) is 0 Å². The third kappa shape index (κ3) is 3.45. The van der Waals surface area contributed by atoms with Crippen LogP contribution in [0.4, 0.5) is 11.4 Å². The van der Waals surface area contributed by atoms with Crippen LogP contribution in [0, 0.1) is 0 Å². The van der Waals surface area contributed by atoms with Crippen molar-refractivity contribution >= 4 is 17.3 Å². The summed E-state index contributed by atoms with van der Waals surface area (Å²) in [5, 5.41) is 6.11. The largest absolute Gasteiger partial charge is 0.380 e. The number of carbonyl (C=O) groups is 1. The number of hydrogen-bond donors (Lipinski definition) is 2. The second-order valence-electron chi connectivity index (χ2n) is 4.99. The number of rotatable bonds is 4. The highest BCUT2D eigenvalue weighted by Crippen LogP contribution is 2.18. The standard InChI is InChI=1S/C14H21N3O2/c1-17(2)11-6-4-5-10(7-11)16-14(18)13-8-12(19-3)9-15-13/h4-7,12-13,15H,8-9H2,1-3H3,(H,16,18). The lowest BCUT2D eigenvalue weighted by Crippen LogP contribution is -2.35. The molecule has 2 unspecified atom stereocenters. The van der Waals surface area contributed by atoms with Gasteiger partial charge in [0.15, 0.2) is 0 Å². The van der Waals surface area contributed by atoms with Gasteiger partial charge in [0, 0.05) is 39.1 Å². The highest BCUT2D eigenvalue weighted by molar-refractivity contribution is 5.95. The SMILES string of the molecule is COC1CNC(C(=O)Nc2cccc(N(C)C)c2)C1. The molecule has 19 heavy (non-hydrogen) atoms. The first-order valence-electron chi connectivity index (χ1n) is 6.44. The fraction of sp³-hybridized carbons (Fsp3) is 0.500. The number of hydrogen-bond acceptors (Lipinski definition) is 4. The molecule has 0 aromatic heterocycles. The normalized spacial score (nSPS) is 22.3. The number of methoxy groups -OCH3 is 1. The Morgan fingerprint density at radius 3 is 2.89 bits per heavy atom. The maximum absolute atomic E-state index is 12.1. The smallest absolute Gasteiger partial charge is 0.241 e. The number of nitrogens with zero attached hydrogens (tertiary/aromatic N) is 1. The summed E-state index contributed by atoms with van der Waals surface area (Å²) >= 11 is 0. The molecule has 2 atom stereocenters. The molecule has 5 heteroatoms. The number of amides is 1. The zero-order valence-electron chi connectivity index (χ0n) is 11.6. The zero-order valence-corrected chi connectivity index (χ0v) is 11.6. The Labute approximate surface area is 113 Å². The number of benzene rings is 1. The molecule has 2 N–H and O–H groups in total. The van der Waals surface area contributed by atoms with Gasteiger partial charge in [-0.1, -0.05) is 6.07 Å². The molecule has 0 saturated carbocycles. The lowest BCUT2D eigenvalue weighted by molar-refractivity contribution is -0.118. The molecule has 1 aromatic carbocycles. The molecule has 0 aliphatic carbocycles. The Balaban J connectivity index is 1.97. The van der Waals surface area contributed by atoms with E-state index < -0.39 is 0 Å². The summed E-state index contributed by atoms with van der Waals surface area (Å²) in [7, 11) is 5.62. The van der Waals surface area contributed by atoms with Crippen molar-refractivity contribution in [2.75, 3.05) is 38.0 Å². The number of nitrogens with one attached hydrogen (secondary N) is 2. The second kappa shape index (κ2) is 6.04. The molecule has 0 radical (unpaired) electrons. The summed E-state index contributed by atoms with van der Waals surface area (Å²) in [4.78, 5) is 14.1. The summed E-state index contributed by atoms with van der Waals surface area (Å²) in [5.41, 5.74) is 1.88. The van der Waals surface area contributed by atoms with Crippen LogP contribution in [-0.4, -0.2) is 45.8 Å². The van der Waals surface area contributed by atoms with Gasteiger partial charge in [0.1, 0.15) is 0 Å². The van der Waals surface area contributed by atoms with Gasteiger partial charge in [0.05, 0.1) is 12.1 Å². The van der Waals surface area contributed by atoms with Crippen molar-refractivity contribution in [2.24, 2.45) is 0 Å². The Bertz CT molecular complexity index is 448. The van der Waals surface area contributed by atoms with Gasteiger partial charge < -0.3 is 20.3 Å². The first-order valence-corrected chi connectivity index (χ1v) is 6.44. The molecular formula is C14H21N3O2. The minimum Gasteiger partial charge on any atom is -0.380 e. The Kier molecular flexibility index (Phi) is 4.39. The molecule has 1 saturated heterocycles. The number of ether oxygens (including phenoxy) is 1. The minimum atomic E-state index is -0.173. The van der Waals surface area contributed by atoms with Crippen LogP contribution < -0.4 is 15.5 Å². The summed E-state index contributed by atoms with van der Waals surface area (Å²) in [5.74, 6) is -0.00421. The van der Waals surface area contributed by atoms with Gasteiger partial charge in [-0.05, 0) is 24.6 Å². The van der Waals surface area contributed by atoms with Crippen LogP contribution in [0.5, 0.6) is 0 Å². The van der Waals surface area contributed by atoms with Crippen LogP contribution in [0.25, 0.3) is 0 Å². The molecule has 5 nitrogen and oxygen atoms in total. The molecule has 1 aliphatic heterocycles. The van der Waals surface area contributed by atoms with E-state index in [1.807, 2.05) is 43.3 Å². The van der Waals surface area contributed by atoms with Gasteiger partial charge >= 0.3 is 0 Å². The van der Waals surface area contributed by atoms with E-state index in [0.717, 1.165) is 24.3 Å². The first kappa shape index (κ1) is 13.8. The van der Waals surface area contributed by atoms with Crippen molar-refractivity contribution in [3.05, 3.63) is 24.3 Å². The molecule has 2 rings (SSSR count). The van der Waals surface area contributed by atoms with Crippen molar-refractivity contribution in [1.82, 2.24) is 5.32 Å². The van der Waals surface area contributed by atoms with Crippen LogP contribution in [0.15, 0.2) is 24.3 Å². The third-order valence-electron chi connectivity index (χ3n) is 3.37. The minimum absolute atomic E-state index is 0.00421. The van der Waals surface area contributed by atoms with E-state index in [9.17, 15) is 4.79 Å². The second-order valence-corrected chi connectivity index (χ2v) is 4.99. The fourth-order valence-corrected chi connectivity index (χ4v) is 2.17. The predicted octanol–water partition coefficient (Wildman–Crippen LogP) is 1.07. The van der Waals surface area contributed by atoms with Gasteiger partial charge in [0.2, 0.25) is 5.91 Å². The van der Waals surface area contributed by atoms with E-state index in [-0.39, 0.29) is 18.1 Å². The van der Waals surface area contributed by atoms with Crippen molar-refractivity contribution in [3.8, 4) is 0 Å². The van der Waals surface area contributed by atoms with Gasteiger partial charge in [-0.25, -0.2) is 0 Å². The molecule has 0 bridgehead atoms. The van der Waals surface area contributed by atoms with Crippen LogP contribution in [-0.2, 0) is 9.53 Å².